The van der Waals surface area contributed by atoms with E-state index in [0.29, 0.717) is 0 Å². The van der Waals surface area contributed by atoms with Crippen LogP contribution in [-0.4, -0.2) is 28.0 Å². The first-order chi connectivity index (χ1) is 6.66. The van der Waals surface area contributed by atoms with Gasteiger partial charge in [0, 0.05) is 0 Å². The Balaban J connectivity index is 4.18. The largest absolute Gasteiger partial charge is 0.481 e. The molecular formula is C5H11FO7P2. The van der Waals surface area contributed by atoms with Crippen molar-refractivity contribution in [2.75, 3.05) is 13.3 Å². The van der Waals surface area contributed by atoms with Crippen LogP contribution in [0.15, 0.2) is 11.6 Å². The van der Waals surface area contributed by atoms with Gasteiger partial charge in [0.15, 0.2) is 0 Å². The molecule has 0 spiro atoms. The molecule has 3 N–H and O–H groups in total. The van der Waals surface area contributed by atoms with E-state index in [1.807, 2.05) is 0 Å². The maximum absolute atomic E-state index is 11.9. The first kappa shape index (κ1) is 14.9. The maximum atomic E-state index is 11.9. The predicted octanol–water partition coefficient (Wildman–Crippen LogP) is 1.13. The lowest BCUT2D eigenvalue weighted by Gasteiger charge is -2.10. The van der Waals surface area contributed by atoms with Crippen molar-refractivity contribution in [1.29, 1.82) is 0 Å². The summed E-state index contributed by atoms with van der Waals surface area (Å²) in [6, 6.07) is 0. The van der Waals surface area contributed by atoms with Gasteiger partial charge in [0.1, 0.15) is 6.67 Å². The van der Waals surface area contributed by atoms with Crippen LogP contribution < -0.4 is 0 Å². The molecule has 0 rings (SSSR count). The smallest absolute Gasteiger partial charge is 0.302 e. The Kier molecular flexibility index (Phi) is 5.84. The van der Waals surface area contributed by atoms with E-state index in [1.165, 1.54) is 6.92 Å². The molecule has 90 valence electrons. The molecule has 0 saturated carbocycles. The number of alkyl halides is 1. The van der Waals surface area contributed by atoms with Gasteiger partial charge in [-0.3, -0.25) is 4.52 Å². The van der Waals surface area contributed by atoms with E-state index in [0.717, 1.165) is 6.08 Å². The summed E-state index contributed by atoms with van der Waals surface area (Å²) < 4.78 is 40.5. The minimum absolute atomic E-state index is 0.256. The highest BCUT2D eigenvalue weighted by atomic mass is 31.3. The van der Waals surface area contributed by atoms with Crippen LogP contribution in [0, 0.1) is 0 Å². The lowest BCUT2D eigenvalue weighted by Crippen LogP contribution is -1.95. The molecule has 7 nitrogen and oxygen atoms in total. The van der Waals surface area contributed by atoms with Crippen LogP contribution in [0.3, 0.4) is 0 Å². The van der Waals surface area contributed by atoms with E-state index in [9.17, 15) is 13.5 Å². The average Bonchev–Trinajstić information content (AvgIpc) is 1.98. The third-order valence-corrected chi connectivity index (χ3v) is 3.24. The molecule has 0 aromatic heterocycles. The number of hydrogen-bond acceptors (Lipinski definition) is 4. The van der Waals surface area contributed by atoms with Gasteiger partial charge in [-0.2, -0.15) is 4.31 Å². The topological polar surface area (TPSA) is 113 Å². The molecule has 0 fully saturated rings. The second-order valence-corrected chi connectivity index (χ2v) is 5.35. The van der Waals surface area contributed by atoms with Gasteiger partial charge in [-0.05, 0) is 12.5 Å². The monoisotopic (exact) mass is 264 g/mol. The van der Waals surface area contributed by atoms with Crippen LogP contribution in [0.25, 0.3) is 0 Å². The Bertz CT molecular complexity index is 321. The van der Waals surface area contributed by atoms with Gasteiger partial charge in [-0.15, -0.1) is 0 Å². The Hall–Kier alpha value is -0.0700. The van der Waals surface area contributed by atoms with Crippen LogP contribution in [0.2, 0.25) is 0 Å². The van der Waals surface area contributed by atoms with E-state index < -0.39 is 28.9 Å². The zero-order valence-corrected chi connectivity index (χ0v) is 9.53. The van der Waals surface area contributed by atoms with Crippen molar-refractivity contribution in [1.82, 2.24) is 0 Å². The van der Waals surface area contributed by atoms with Gasteiger partial charge in [0.2, 0.25) is 0 Å². The first-order valence-electron chi connectivity index (χ1n) is 3.62. The van der Waals surface area contributed by atoms with Gasteiger partial charge in [-0.25, -0.2) is 13.5 Å². The predicted molar refractivity (Wildman–Crippen MR) is 48.6 cm³/mol. The van der Waals surface area contributed by atoms with E-state index in [-0.39, 0.29) is 5.57 Å². The fraction of sp³-hybridized carbons (Fsp3) is 0.600. The summed E-state index contributed by atoms with van der Waals surface area (Å²) in [6.45, 7) is 0.178. The van der Waals surface area contributed by atoms with Gasteiger partial charge < -0.3 is 14.7 Å². The Morgan fingerprint density at radius 2 is 1.93 bits per heavy atom. The molecule has 0 radical (unpaired) electrons. The molecule has 0 heterocycles. The summed E-state index contributed by atoms with van der Waals surface area (Å²) in [5, 5.41) is 0. The van der Waals surface area contributed by atoms with Gasteiger partial charge in [-0.1, -0.05) is 6.08 Å². The van der Waals surface area contributed by atoms with E-state index in [2.05, 4.69) is 8.83 Å². The lowest BCUT2D eigenvalue weighted by molar-refractivity contribution is 0.191. The zero-order valence-electron chi connectivity index (χ0n) is 7.74. The number of rotatable bonds is 6. The second-order valence-electron chi connectivity index (χ2n) is 2.52. The van der Waals surface area contributed by atoms with Crippen LogP contribution in [0.4, 0.5) is 4.39 Å². The van der Waals surface area contributed by atoms with Crippen molar-refractivity contribution in [3.05, 3.63) is 11.6 Å². The quantitative estimate of drug-likeness (QED) is 0.486. The van der Waals surface area contributed by atoms with Gasteiger partial charge >= 0.3 is 15.6 Å². The molecule has 0 amide bonds. The Morgan fingerprint density at radius 1 is 1.40 bits per heavy atom. The maximum Gasteiger partial charge on any atom is 0.481 e. The van der Waals surface area contributed by atoms with Gasteiger partial charge in [0.05, 0.1) is 6.61 Å². The van der Waals surface area contributed by atoms with Crippen LogP contribution in [-0.2, 0) is 18.0 Å². The molecular weight excluding hydrogens is 253 g/mol. The summed E-state index contributed by atoms with van der Waals surface area (Å²) in [5.74, 6) is 0. The molecule has 1 unspecified atom stereocenters. The number of halogens is 1. The number of allylic oxidation sites excluding steroid dienone is 1. The molecule has 15 heavy (non-hydrogen) atoms. The normalized spacial score (nSPS) is 17.5. The fourth-order valence-electron chi connectivity index (χ4n) is 0.486. The van der Waals surface area contributed by atoms with Crippen molar-refractivity contribution in [2.45, 2.75) is 6.92 Å². The highest BCUT2D eigenvalue weighted by Crippen LogP contribution is 2.57. The molecule has 0 aromatic carbocycles. The average molecular weight is 264 g/mol. The molecule has 10 heteroatoms. The number of hydrogen-bond donors (Lipinski definition) is 3. The highest BCUT2D eigenvalue weighted by molar-refractivity contribution is 7.60. The third kappa shape index (κ3) is 8.89. The van der Waals surface area contributed by atoms with Crippen molar-refractivity contribution >= 4 is 15.6 Å². The van der Waals surface area contributed by atoms with Crippen molar-refractivity contribution in [3.63, 3.8) is 0 Å². The molecule has 0 aliphatic carbocycles. The van der Waals surface area contributed by atoms with E-state index in [4.69, 9.17) is 14.7 Å². The minimum Gasteiger partial charge on any atom is -0.302 e. The highest BCUT2D eigenvalue weighted by Gasteiger charge is 2.31. The van der Waals surface area contributed by atoms with E-state index in [1.54, 1.807) is 0 Å². The van der Waals surface area contributed by atoms with Crippen LogP contribution >= 0.6 is 15.6 Å². The van der Waals surface area contributed by atoms with Crippen LogP contribution in [0.5, 0.6) is 0 Å². The zero-order chi connectivity index (χ0) is 12.1. The Labute approximate surface area is 85.4 Å². The molecule has 0 aromatic rings. The summed E-state index contributed by atoms with van der Waals surface area (Å²) in [5.41, 5.74) is 0.256. The molecule has 0 saturated heterocycles. The Morgan fingerprint density at radius 3 is 2.33 bits per heavy atom. The summed E-state index contributed by atoms with van der Waals surface area (Å²) >= 11 is 0. The summed E-state index contributed by atoms with van der Waals surface area (Å²) in [4.78, 5) is 25.1. The van der Waals surface area contributed by atoms with Crippen molar-refractivity contribution in [3.8, 4) is 0 Å². The molecule has 0 aliphatic heterocycles. The summed E-state index contributed by atoms with van der Waals surface area (Å²) in [7, 11) is -9.90. The van der Waals surface area contributed by atoms with Crippen molar-refractivity contribution in [2.24, 2.45) is 0 Å². The third-order valence-electron chi connectivity index (χ3n) is 1.09. The molecule has 1 atom stereocenters. The van der Waals surface area contributed by atoms with Crippen molar-refractivity contribution < 1.29 is 37.0 Å². The van der Waals surface area contributed by atoms with E-state index >= 15 is 0 Å². The lowest BCUT2D eigenvalue weighted by atomic mass is 10.3. The minimum atomic E-state index is -5.09. The summed E-state index contributed by atoms with van der Waals surface area (Å²) in [6.07, 6.45) is 1.14. The molecule has 0 bridgehead atoms. The first-order valence-corrected chi connectivity index (χ1v) is 6.65. The van der Waals surface area contributed by atoms with Gasteiger partial charge in [0.25, 0.3) is 0 Å². The molecule has 0 aliphatic rings. The fourth-order valence-corrected chi connectivity index (χ4v) is 2.01. The SMILES string of the molecule is C/C(=C/COP(=O)(O)OP(=O)(O)O)CF. The number of phosphoric ester groups is 1. The standard InChI is InChI=1S/C5H11FO7P2/c1-5(4-6)2-3-12-15(10,11)13-14(7,8)9/h2H,3-4H2,1H3,(H,10,11)(H2,7,8,9)/b5-2-. The second kappa shape index (κ2) is 5.86. The van der Waals surface area contributed by atoms with Crippen LogP contribution in [0.1, 0.15) is 6.92 Å². The number of phosphoric acid groups is 2.